The molecule has 0 radical (unpaired) electrons. The van der Waals surface area contributed by atoms with Gasteiger partial charge in [-0.05, 0) is 40.7 Å². The zero-order chi connectivity index (χ0) is 17.3. The van der Waals surface area contributed by atoms with E-state index in [1.54, 1.807) is 6.92 Å². The van der Waals surface area contributed by atoms with Crippen LogP contribution in [0.4, 0.5) is 0 Å². The Morgan fingerprint density at radius 3 is 1.86 bits per heavy atom. The highest BCUT2D eigenvalue weighted by Crippen LogP contribution is 2.26. The second-order valence-electron chi connectivity index (χ2n) is 6.65. The molecule has 22 heavy (non-hydrogen) atoms. The van der Waals surface area contributed by atoms with E-state index in [4.69, 9.17) is 0 Å². The fraction of sp³-hybridized carbons (Fsp3) is 0.882. The molecule has 0 spiro atoms. The molecule has 130 valence electrons. The van der Waals surface area contributed by atoms with E-state index in [9.17, 15) is 9.59 Å². The van der Waals surface area contributed by atoms with E-state index in [0.29, 0.717) is 18.6 Å². The van der Waals surface area contributed by atoms with Gasteiger partial charge >= 0.3 is 0 Å². The van der Waals surface area contributed by atoms with E-state index >= 15 is 0 Å². The number of likely N-dealkylation sites (tertiary alicyclic amines) is 1. The summed E-state index contributed by atoms with van der Waals surface area (Å²) in [5.74, 6) is 0.241. The van der Waals surface area contributed by atoms with Gasteiger partial charge in [0.2, 0.25) is 5.91 Å². The third kappa shape index (κ3) is 7.25. The predicted molar refractivity (Wildman–Crippen MR) is 89.7 cm³/mol. The van der Waals surface area contributed by atoms with Gasteiger partial charge in [-0.25, -0.2) is 0 Å². The molecule has 5 heteroatoms. The molecule has 2 fully saturated rings. The number of amides is 1. The molecule has 2 heterocycles. The van der Waals surface area contributed by atoms with E-state index in [1.165, 1.54) is 19.3 Å². The van der Waals surface area contributed by atoms with Crippen LogP contribution in [0.2, 0.25) is 0 Å². The largest absolute Gasteiger partial charge is 0.462 e. The second kappa shape index (κ2) is 9.82. The lowest BCUT2D eigenvalue weighted by Crippen LogP contribution is -2.60. The Hall–Kier alpha value is -1.10. The third-order valence-corrected chi connectivity index (χ3v) is 3.94. The normalized spacial score (nSPS) is 24.2. The smallest absolute Gasteiger partial charge is 0.293 e. The van der Waals surface area contributed by atoms with Crippen LogP contribution >= 0.6 is 0 Å². The molecular formula is C17H34N2O3. The monoisotopic (exact) mass is 314 g/mol. The molecule has 5 nitrogen and oxygen atoms in total. The van der Waals surface area contributed by atoms with Gasteiger partial charge in [-0.15, -0.1) is 0 Å². The summed E-state index contributed by atoms with van der Waals surface area (Å²) in [6.07, 6.45) is 3.86. The predicted octanol–water partition coefficient (Wildman–Crippen LogP) is 2.69. The van der Waals surface area contributed by atoms with Crippen LogP contribution in [0.3, 0.4) is 0 Å². The Morgan fingerprint density at radius 2 is 1.59 bits per heavy atom. The van der Waals surface area contributed by atoms with Crippen molar-refractivity contribution in [1.82, 2.24) is 9.80 Å². The van der Waals surface area contributed by atoms with E-state index < -0.39 is 0 Å². The quantitative estimate of drug-likeness (QED) is 0.698. The minimum absolute atomic E-state index is 0.241. The number of piperidine rings is 1. The maximum atomic E-state index is 11.2. The molecular weight excluding hydrogens is 280 g/mol. The Balaban J connectivity index is 0.000000421. The Morgan fingerprint density at radius 1 is 1.14 bits per heavy atom. The summed E-state index contributed by atoms with van der Waals surface area (Å²) in [6, 6.07) is 1.24. The first kappa shape index (κ1) is 20.9. The lowest BCUT2D eigenvalue weighted by Gasteiger charge is -2.48. The van der Waals surface area contributed by atoms with Crippen LogP contribution in [0, 0.1) is 0 Å². The highest BCUT2D eigenvalue weighted by Gasteiger charge is 2.35. The number of likely N-dealkylation sites (N-methyl/N-ethyl adjacent to an activating group) is 1. The molecule has 1 amide bonds. The zero-order valence-electron chi connectivity index (χ0n) is 15.4. The zero-order valence-corrected chi connectivity index (χ0v) is 15.4. The average Bonchev–Trinajstić information content (AvgIpc) is 2.39. The van der Waals surface area contributed by atoms with Crippen LogP contribution in [-0.2, 0) is 14.3 Å². The van der Waals surface area contributed by atoms with Gasteiger partial charge in [-0.1, -0.05) is 20.3 Å². The Labute approximate surface area is 136 Å². The first-order chi connectivity index (χ1) is 10.2. The summed E-state index contributed by atoms with van der Waals surface area (Å²) in [6.45, 7) is 13.5. The molecule has 0 aromatic carbocycles. The number of hydrogen-bond acceptors (Lipinski definition) is 4. The van der Waals surface area contributed by atoms with Crippen molar-refractivity contribution < 1.29 is 14.3 Å². The van der Waals surface area contributed by atoms with Gasteiger partial charge in [0.05, 0.1) is 0 Å². The van der Waals surface area contributed by atoms with Crippen molar-refractivity contribution in [2.45, 2.75) is 78.5 Å². The maximum absolute atomic E-state index is 11.2. The SMILES string of the molecule is CC.CC(=O)N1CC2CCCC(C1)N2C.CC(C)(C)OC=O. The number of nitrogens with zero attached hydrogens (tertiary/aromatic N) is 2. The van der Waals surface area contributed by atoms with Crippen molar-refractivity contribution in [3.8, 4) is 0 Å². The highest BCUT2D eigenvalue weighted by molar-refractivity contribution is 5.73. The molecule has 0 aromatic heterocycles. The lowest BCUT2D eigenvalue weighted by atomic mass is 9.92. The van der Waals surface area contributed by atoms with Crippen LogP contribution in [-0.4, -0.2) is 60.0 Å². The summed E-state index contributed by atoms with van der Waals surface area (Å²) < 4.78 is 4.55. The number of fused-ring (bicyclic) bond motifs is 2. The number of ether oxygens (including phenoxy) is 1. The number of rotatable bonds is 1. The van der Waals surface area contributed by atoms with Crippen molar-refractivity contribution in [3.63, 3.8) is 0 Å². The molecule has 2 atom stereocenters. The molecule has 2 bridgehead atoms. The molecule has 2 rings (SSSR count). The first-order valence-electron chi connectivity index (χ1n) is 8.33. The van der Waals surface area contributed by atoms with Crippen molar-refractivity contribution in [2.24, 2.45) is 0 Å². The molecule has 0 aliphatic carbocycles. The minimum Gasteiger partial charge on any atom is -0.462 e. The van der Waals surface area contributed by atoms with Gasteiger partial charge in [-0.3, -0.25) is 14.5 Å². The van der Waals surface area contributed by atoms with Crippen LogP contribution in [0.25, 0.3) is 0 Å². The van der Waals surface area contributed by atoms with Gasteiger partial charge in [0.25, 0.3) is 6.47 Å². The molecule has 2 saturated heterocycles. The summed E-state index contributed by atoms with van der Waals surface area (Å²) in [5, 5.41) is 0. The maximum Gasteiger partial charge on any atom is 0.293 e. The number of hydrogen-bond donors (Lipinski definition) is 0. The van der Waals surface area contributed by atoms with E-state index in [1.807, 2.05) is 39.5 Å². The number of piperazine rings is 1. The molecule has 0 N–H and O–H groups in total. The van der Waals surface area contributed by atoms with E-state index in [-0.39, 0.29) is 11.5 Å². The van der Waals surface area contributed by atoms with Crippen LogP contribution in [0.15, 0.2) is 0 Å². The summed E-state index contributed by atoms with van der Waals surface area (Å²) in [5.41, 5.74) is -0.318. The topological polar surface area (TPSA) is 49.9 Å². The van der Waals surface area contributed by atoms with Crippen LogP contribution in [0.5, 0.6) is 0 Å². The Bertz CT molecular complexity index is 325. The second-order valence-corrected chi connectivity index (χ2v) is 6.65. The van der Waals surface area contributed by atoms with Gasteiger partial charge in [0.15, 0.2) is 0 Å². The number of carbonyl (C=O) groups excluding carboxylic acids is 2. The minimum atomic E-state index is -0.318. The fourth-order valence-corrected chi connectivity index (χ4v) is 2.72. The third-order valence-electron chi connectivity index (χ3n) is 3.94. The summed E-state index contributed by atoms with van der Waals surface area (Å²) >= 11 is 0. The molecule has 2 aliphatic heterocycles. The van der Waals surface area contributed by atoms with Crippen molar-refractivity contribution >= 4 is 12.4 Å². The van der Waals surface area contributed by atoms with Gasteiger partial charge in [0, 0.05) is 32.1 Å². The van der Waals surface area contributed by atoms with Crippen LogP contribution < -0.4 is 0 Å². The Kier molecular flexibility index (Phi) is 9.33. The van der Waals surface area contributed by atoms with Crippen LogP contribution in [0.1, 0.15) is 60.8 Å². The molecule has 2 unspecified atom stereocenters. The summed E-state index contributed by atoms with van der Waals surface area (Å²) in [7, 11) is 2.20. The van der Waals surface area contributed by atoms with E-state index in [2.05, 4.69) is 16.7 Å². The number of carbonyl (C=O) groups is 2. The van der Waals surface area contributed by atoms with Crippen molar-refractivity contribution in [3.05, 3.63) is 0 Å². The average molecular weight is 314 g/mol. The fourth-order valence-electron chi connectivity index (χ4n) is 2.72. The lowest BCUT2D eigenvalue weighted by molar-refractivity contribution is -0.138. The van der Waals surface area contributed by atoms with Crippen molar-refractivity contribution in [2.75, 3.05) is 20.1 Å². The molecule has 0 aromatic rings. The van der Waals surface area contributed by atoms with Gasteiger partial charge in [-0.2, -0.15) is 0 Å². The molecule has 2 aliphatic rings. The standard InChI is InChI=1S/C10H18N2O.C5H10O2.C2H6/c1-8(13)12-6-9-4-3-5-10(7-12)11(9)2;1-5(2,3)7-4-6;1-2/h9-10H,3-7H2,1-2H3;4H,1-3H3;1-2H3. The van der Waals surface area contributed by atoms with E-state index in [0.717, 1.165) is 13.1 Å². The highest BCUT2D eigenvalue weighted by atomic mass is 16.5. The summed E-state index contributed by atoms with van der Waals surface area (Å²) in [4.78, 5) is 25.3. The van der Waals surface area contributed by atoms with Crippen molar-refractivity contribution in [1.29, 1.82) is 0 Å². The molecule has 0 saturated carbocycles. The van der Waals surface area contributed by atoms with Gasteiger partial charge < -0.3 is 9.64 Å². The van der Waals surface area contributed by atoms with Gasteiger partial charge in [0.1, 0.15) is 5.60 Å². The first-order valence-corrected chi connectivity index (χ1v) is 8.33.